The average molecular weight is 538 g/mol. The molecule has 2 aromatic carbocycles. The number of carbonyl (C=O) groups is 2. The van der Waals surface area contributed by atoms with Gasteiger partial charge in [-0.15, -0.1) is 0 Å². The molecule has 0 saturated carbocycles. The zero-order valence-corrected chi connectivity index (χ0v) is 20.8. The van der Waals surface area contributed by atoms with E-state index in [-0.39, 0.29) is 23.1 Å². The number of para-hydroxylation sites is 2. The van der Waals surface area contributed by atoms with Gasteiger partial charge in [-0.3, -0.25) is 14.9 Å². The van der Waals surface area contributed by atoms with Crippen LogP contribution in [0.5, 0.6) is 0 Å². The number of hydrogen-bond donors (Lipinski definition) is 1. The molecular weight excluding hydrogens is 519 g/mol. The molecule has 1 N–H and O–H groups in total. The lowest BCUT2D eigenvalue weighted by Crippen LogP contribution is -2.29. The van der Waals surface area contributed by atoms with Crippen LogP contribution < -0.4 is 5.32 Å². The molecule has 0 unspecified atom stereocenters. The summed E-state index contributed by atoms with van der Waals surface area (Å²) in [6.07, 6.45) is 1.32. The monoisotopic (exact) mass is 536 g/mol. The molecule has 0 aliphatic rings. The first-order valence-electron chi connectivity index (χ1n) is 10.2. The van der Waals surface area contributed by atoms with Crippen LogP contribution in [0.2, 0.25) is 15.2 Å². The zero-order chi connectivity index (χ0) is 25.7. The van der Waals surface area contributed by atoms with E-state index in [0.717, 1.165) is 6.08 Å². The van der Waals surface area contributed by atoms with Gasteiger partial charge in [-0.25, -0.2) is 9.48 Å². The minimum atomic E-state index is -1.21. The Morgan fingerprint density at radius 3 is 2.49 bits per heavy atom. The molecule has 3 aromatic rings. The van der Waals surface area contributed by atoms with E-state index in [9.17, 15) is 19.7 Å². The maximum absolute atomic E-state index is 12.3. The van der Waals surface area contributed by atoms with Gasteiger partial charge in [-0.1, -0.05) is 53.0 Å². The van der Waals surface area contributed by atoms with Gasteiger partial charge in [0, 0.05) is 33.3 Å². The number of nitrogens with one attached hydrogen (secondary N) is 1. The second kappa shape index (κ2) is 11.4. The smallest absolute Gasteiger partial charge is 0.331 e. The Morgan fingerprint density at radius 2 is 1.83 bits per heavy atom. The van der Waals surface area contributed by atoms with Gasteiger partial charge in [0.25, 0.3) is 11.6 Å². The number of benzene rings is 2. The number of rotatable bonds is 8. The van der Waals surface area contributed by atoms with Gasteiger partial charge in [0.15, 0.2) is 6.10 Å². The maximum atomic E-state index is 12.3. The number of nitrogens with zero attached hydrogens (tertiary/aromatic N) is 3. The Labute approximate surface area is 215 Å². The van der Waals surface area contributed by atoms with Crippen molar-refractivity contribution < 1.29 is 19.2 Å². The minimum Gasteiger partial charge on any atom is -0.449 e. The zero-order valence-electron chi connectivity index (χ0n) is 18.5. The van der Waals surface area contributed by atoms with Crippen molar-refractivity contribution in [3.63, 3.8) is 0 Å². The number of amides is 1. The molecule has 1 heterocycles. The predicted molar refractivity (Wildman–Crippen MR) is 134 cm³/mol. The number of nitro benzene ring substituents is 1. The highest BCUT2D eigenvalue weighted by atomic mass is 35.5. The number of ether oxygens (including phenoxy) is 1. The molecule has 1 aromatic heterocycles. The van der Waals surface area contributed by atoms with Crippen LogP contribution in [-0.2, 0) is 20.9 Å². The summed E-state index contributed by atoms with van der Waals surface area (Å²) in [6.45, 7) is 3.28. The molecule has 0 bridgehead atoms. The van der Waals surface area contributed by atoms with Gasteiger partial charge >= 0.3 is 5.97 Å². The Morgan fingerprint density at radius 1 is 1.17 bits per heavy atom. The fourth-order valence-electron chi connectivity index (χ4n) is 3.09. The van der Waals surface area contributed by atoms with Gasteiger partial charge in [-0.05, 0) is 38.1 Å². The second-order valence-corrected chi connectivity index (χ2v) is 8.50. The number of anilines is 1. The number of esters is 1. The molecular formula is C23H19Cl3N4O5. The number of carbonyl (C=O) groups excluding carboxylic acids is 2. The van der Waals surface area contributed by atoms with E-state index in [1.807, 2.05) is 0 Å². The first-order valence-corrected chi connectivity index (χ1v) is 11.3. The predicted octanol–water partition coefficient (Wildman–Crippen LogP) is 5.69. The Balaban J connectivity index is 1.67. The fraction of sp³-hybridized carbons (Fsp3) is 0.174. The number of halogens is 3. The van der Waals surface area contributed by atoms with Crippen molar-refractivity contribution in [1.29, 1.82) is 0 Å². The molecule has 0 spiro atoms. The summed E-state index contributed by atoms with van der Waals surface area (Å²) in [4.78, 5) is 35.1. The first-order chi connectivity index (χ1) is 16.6. The topological polar surface area (TPSA) is 116 Å². The van der Waals surface area contributed by atoms with Crippen LogP contribution in [0.1, 0.15) is 23.7 Å². The van der Waals surface area contributed by atoms with E-state index in [0.29, 0.717) is 26.9 Å². The van der Waals surface area contributed by atoms with E-state index in [4.69, 9.17) is 39.5 Å². The second-order valence-electron chi connectivity index (χ2n) is 7.32. The van der Waals surface area contributed by atoms with E-state index in [1.165, 1.54) is 41.9 Å². The molecule has 1 amide bonds. The molecule has 12 heteroatoms. The molecule has 182 valence electrons. The van der Waals surface area contributed by atoms with Crippen LogP contribution in [-0.4, -0.2) is 32.7 Å². The standard InChI is InChI=1S/C23H19Cl3N4O5/c1-13-15(22(26)29(28-13)12-16-17(24)6-5-7-18(16)25)10-11-21(31)35-14(2)23(32)27-19-8-3-4-9-20(19)30(33)34/h3-11,14H,12H2,1-2H3,(H,27,32)/b11-10+/t14-/m0/s1. The van der Waals surface area contributed by atoms with Gasteiger partial charge in [-0.2, -0.15) is 5.10 Å². The van der Waals surface area contributed by atoms with Gasteiger partial charge in [0.05, 0.1) is 17.2 Å². The van der Waals surface area contributed by atoms with Crippen LogP contribution in [0.15, 0.2) is 48.5 Å². The SMILES string of the molecule is Cc1nn(Cc2c(Cl)cccc2Cl)c(Cl)c1/C=C/C(=O)O[C@@H](C)C(=O)Nc1ccccc1[N+](=O)[O-]. The molecule has 9 nitrogen and oxygen atoms in total. The quantitative estimate of drug-likeness (QED) is 0.171. The van der Waals surface area contributed by atoms with Crippen molar-refractivity contribution in [3.8, 4) is 0 Å². The lowest BCUT2D eigenvalue weighted by molar-refractivity contribution is -0.383. The third-order valence-electron chi connectivity index (χ3n) is 4.89. The van der Waals surface area contributed by atoms with E-state index in [2.05, 4.69) is 10.4 Å². The lowest BCUT2D eigenvalue weighted by atomic mass is 10.2. The molecule has 0 aliphatic heterocycles. The van der Waals surface area contributed by atoms with Crippen LogP contribution in [0.3, 0.4) is 0 Å². The van der Waals surface area contributed by atoms with E-state index < -0.39 is 22.9 Å². The largest absolute Gasteiger partial charge is 0.449 e. The third kappa shape index (κ3) is 6.39. The number of aromatic nitrogens is 2. The van der Waals surface area contributed by atoms with Crippen LogP contribution in [0, 0.1) is 17.0 Å². The normalized spacial score (nSPS) is 11.9. The molecule has 1 atom stereocenters. The highest BCUT2D eigenvalue weighted by Gasteiger charge is 2.21. The molecule has 0 radical (unpaired) electrons. The van der Waals surface area contributed by atoms with Crippen molar-refractivity contribution in [2.24, 2.45) is 0 Å². The number of aryl methyl sites for hydroxylation is 1. The summed E-state index contributed by atoms with van der Waals surface area (Å²) in [6, 6.07) is 10.8. The number of nitro groups is 1. The van der Waals surface area contributed by atoms with Gasteiger partial charge < -0.3 is 10.1 Å². The Hall–Kier alpha value is -3.40. The third-order valence-corrected chi connectivity index (χ3v) is 5.99. The van der Waals surface area contributed by atoms with Crippen molar-refractivity contribution in [2.75, 3.05) is 5.32 Å². The van der Waals surface area contributed by atoms with Gasteiger partial charge in [0.2, 0.25) is 0 Å². The highest BCUT2D eigenvalue weighted by Crippen LogP contribution is 2.28. The molecule has 0 fully saturated rings. The molecule has 0 saturated heterocycles. The lowest BCUT2D eigenvalue weighted by Gasteiger charge is -2.12. The van der Waals surface area contributed by atoms with Crippen LogP contribution in [0.25, 0.3) is 6.08 Å². The van der Waals surface area contributed by atoms with Crippen LogP contribution >= 0.6 is 34.8 Å². The fourth-order valence-corrected chi connectivity index (χ4v) is 3.90. The summed E-state index contributed by atoms with van der Waals surface area (Å²) >= 11 is 18.9. The van der Waals surface area contributed by atoms with Crippen molar-refractivity contribution >= 4 is 64.1 Å². The van der Waals surface area contributed by atoms with Crippen molar-refractivity contribution in [2.45, 2.75) is 26.5 Å². The average Bonchev–Trinajstić information content (AvgIpc) is 3.07. The summed E-state index contributed by atoms with van der Waals surface area (Å²) in [5.74, 6) is -1.53. The first kappa shape index (κ1) is 26.2. The Kier molecular flexibility index (Phi) is 8.50. The highest BCUT2D eigenvalue weighted by molar-refractivity contribution is 6.36. The minimum absolute atomic E-state index is 0.00520. The molecule has 35 heavy (non-hydrogen) atoms. The van der Waals surface area contributed by atoms with Gasteiger partial charge in [0.1, 0.15) is 10.8 Å². The van der Waals surface area contributed by atoms with E-state index >= 15 is 0 Å². The Bertz CT molecular complexity index is 1300. The maximum Gasteiger partial charge on any atom is 0.331 e. The summed E-state index contributed by atoms with van der Waals surface area (Å²) in [5.41, 5.74) is 1.38. The van der Waals surface area contributed by atoms with Crippen molar-refractivity contribution in [1.82, 2.24) is 9.78 Å². The van der Waals surface area contributed by atoms with E-state index in [1.54, 1.807) is 25.1 Å². The molecule has 3 rings (SSSR count). The summed E-state index contributed by atoms with van der Waals surface area (Å²) in [7, 11) is 0. The number of hydrogen-bond acceptors (Lipinski definition) is 6. The van der Waals surface area contributed by atoms with Crippen LogP contribution in [0.4, 0.5) is 11.4 Å². The molecule has 0 aliphatic carbocycles. The summed E-state index contributed by atoms with van der Waals surface area (Å²) in [5, 5.41) is 19.0. The summed E-state index contributed by atoms with van der Waals surface area (Å²) < 4.78 is 6.61. The van der Waals surface area contributed by atoms with Crippen molar-refractivity contribution in [3.05, 3.63) is 90.7 Å².